The molecule has 202 valence electrons. The molecular formula is C30H27N5O4S. The number of aromatic nitrogens is 1. The van der Waals surface area contributed by atoms with E-state index in [1.807, 2.05) is 37.3 Å². The number of aryl methyl sites for hydroxylation is 1. The molecule has 4 amide bonds. The molecule has 1 fully saturated rings. The minimum Gasteiger partial charge on any atom is -0.461 e. The molecule has 4 heterocycles. The standard InChI is InChI=1S/C30H27N5O4S/c1-4-24(36)34-14-6-8-19(16-34)32-28(37)27-26-25-22(12-13-31-29(25)40-27)35(30(38)33-26)21-11-10-20(15-18(21)3)39-23-9-5-7-17(23)2/h1,5,7,9-13,15,17,19H,6,8,14,16H2,2-3H3,(H,32,37)(H,33,38). The predicted octanol–water partition coefficient (Wildman–Crippen LogP) is 5.11. The van der Waals surface area contributed by atoms with E-state index >= 15 is 0 Å². The van der Waals surface area contributed by atoms with Crippen molar-refractivity contribution in [2.75, 3.05) is 23.3 Å². The fraction of sp³-hybridized carbons (Fsp3) is 0.267. The van der Waals surface area contributed by atoms with Crippen LogP contribution < -0.4 is 20.3 Å². The van der Waals surface area contributed by atoms with Gasteiger partial charge in [0.05, 0.1) is 22.4 Å². The summed E-state index contributed by atoms with van der Waals surface area (Å²) in [6.07, 6.45) is 14.4. The lowest BCUT2D eigenvalue weighted by atomic mass is 10.1. The molecule has 0 saturated carbocycles. The average Bonchev–Trinajstić information content (AvgIpc) is 3.53. The van der Waals surface area contributed by atoms with Crippen LogP contribution in [0.1, 0.15) is 35.0 Å². The van der Waals surface area contributed by atoms with Gasteiger partial charge in [0, 0.05) is 31.2 Å². The van der Waals surface area contributed by atoms with Crippen LogP contribution in [0, 0.1) is 25.2 Å². The van der Waals surface area contributed by atoms with E-state index in [-0.39, 0.29) is 29.8 Å². The summed E-state index contributed by atoms with van der Waals surface area (Å²) in [4.78, 5) is 47.6. The first-order chi connectivity index (χ1) is 19.3. The summed E-state index contributed by atoms with van der Waals surface area (Å²) in [6.45, 7) is 4.92. The number of carbonyl (C=O) groups excluding carboxylic acids is 3. The number of nitrogens with zero attached hydrogens (tertiary/aromatic N) is 3. The van der Waals surface area contributed by atoms with Crippen molar-refractivity contribution in [2.45, 2.75) is 32.7 Å². The van der Waals surface area contributed by atoms with Gasteiger partial charge in [0.15, 0.2) is 0 Å². The Hall–Kier alpha value is -4.62. The second-order valence-electron chi connectivity index (χ2n) is 10.1. The number of rotatable bonds is 5. The molecule has 0 radical (unpaired) electrons. The molecule has 3 aliphatic rings. The fourth-order valence-corrected chi connectivity index (χ4v) is 6.40. The number of nitrogens with one attached hydrogen (secondary N) is 2. The molecule has 1 aromatic carbocycles. The second-order valence-corrected chi connectivity index (χ2v) is 11.1. The van der Waals surface area contributed by atoms with Gasteiger partial charge < -0.3 is 20.3 Å². The Balaban J connectivity index is 1.29. The zero-order valence-electron chi connectivity index (χ0n) is 22.1. The summed E-state index contributed by atoms with van der Waals surface area (Å²) in [7, 11) is 0. The van der Waals surface area contributed by atoms with Crippen molar-refractivity contribution < 1.29 is 19.1 Å². The zero-order chi connectivity index (χ0) is 28.0. The largest absolute Gasteiger partial charge is 0.461 e. The Morgan fingerprint density at radius 2 is 2.12 bits per heavy atom. The number of hydrogen-bond donors (Lipinski definition) is 2. The maximum atomic E-state index is 13.5. The van der Waals surface area contributed by atoms with Crippen LogP contribution in [0.25, 0.3) is 10.2 Å². The topological polar surface area (TPSA) is 104 Å². The van der Waals surface area contributed by atoms with E-state index in [1.165, 1.54) is 11.3 Å². The minimum atomic E-state index is -0.380. The number of likely N-dealkylation sites (tertiary alicyclic amines) is 1. The third-order valence-electron chi connectivity index (χ3n) is 7.37. The molecule has 1 aliphatic carbocycles. The lowest BCUT2D eigenvalue weighted by molar-refractivity contribution is -0.126. The van der Waals surface area contributed by atoms with Gasteiger partial charge in [0.25, 0.3) is 11.8 Å². The van der Waals surface area contributed by atoms with Crippen molar-refractivity contribution in [1.82, 2.24) is 15.2 Å². The van der Waals surface area contributed by atoms with Crippen LogP contribution in [0.2, 0.25) is 0 Å². The van der Waals surface area contributed by atoms with Crippen molar-refractivity contribution >= 4 is 56.5 Å². The van der Waals surface area contributed by atoms with Gasteiger partial charge in [-0.05, 0) is 61.6 Å². The van der Waals surface area contributed by atoms with Gasteiger partial charge in [-0.1, -0.05) is 19.1 Å². The Morgan fingerprint density at radius 3 is 2.88 bits per heavy atom. The first kappa shape index (κ1) is 25.6. The molecular weight excluding hydrogens is 526 g/mol. The lowest BCUT2D eigenvalue weighted by Gasteiger charge is -2.32. The van der Waals surface area contributed by atoms with Gasteiger partial charge >= 0.3 is 6.03 Å². The van der Waals surface area contributed by atoms with Crippen LogP contribution in [0.5, 0.6) is 5.75 Å². The highest BCUT2D eigenvalue weighted by Crippen LogP contribution is 2.46. The highest BCUT2D eigenvalue weighted by Gasteiger charge is 2.34. The summed E-state index contributed by atoms with van der Waals surface area (Å²) in [5.41, 5.74) is 2.65. The van der Waals surface area contributed by atoms with Crippen LogP contribution >= 0.6 is 11.3 Å². The SMILES string of the molecule is C#CC(=O)N1CCCC(NC(=O)c2sc3nccc4c3c2NC(=O)N4c2ccc(OC3=CC=CC3C)cc2C)C1. The molecule has 6 rings (SSSR count). The summed E-state index contributed by atoms with van der Waals surface area (Å²) in [6, 6.07) is 6.80. The van der Waals surface area contributed by atoms with Gasteiger partial charge in [-0.25, -0.2) is 9.78 Å². The van der Waals surface area contributed by atoms with Crippen LogP contribution in [0.4, 0.5) is 21.9 Å². The van der Waals surface area contributed by atoms with E-state index in [0.717, 1.165) is 24.2 Å². The van der Waals surface area contributed by atoms with E-state index in [4.69, 9.17) is 11.2 Å². The number of anilines is 3. The van der Waals surface area contributed by atoms with Crippen molar-refractivity contribution in [3.05, 3.63) is 64.9 Å². The number of amides is 4. The quantitative estimate of drug-likeness (QED) is 0.428. The van der Waals surface area contributed by atoms with Gasteiger partial charge in [-0.15, -0.1) is 17.8 Å². The van der Waals surface area contributed by atoms with E-state index < -0.39 is 0 Å². The summed E-state index contributed by atoms with van der Waals surface area (Å²) < 4.78 is 6.06. The van der Waals surface area contributed by atoms with Gasteiger partial charge in [-0.2, -0.15) is 0 Å². The van der Waals surface area contributed by atoms with Crippen molar-refractivity contribution in [3.63, 3.8) is 0 Å². The normalized spacial score (nSPS) is 19.7. The zero-order valence-corrected chi connectivity index (χ0v) is 22.9. The van der Waals surface area contributed by atoms with Gasteiger partial charge in [0.1, 0.15) is 21.2 Å². The van der Waals surface area contributed by atoms with Crippen LogP contribution in [-0.4, -0.2) is 46.9 Å². The number of allylic oxidation sites excluding steroid dienone is 3. The van der Waals surface area contributed by atoms with Crippen molar-refractivity contribution in [2.24, 2.45) is 5.92 Å². The number of benzene rings is 1. The number of carbonyl (C=O) groups is 3. The molecule has 2 aromatic heterocycles. The number of pyridine rings is 1. The molecule has 3 aromatic rings. The third-order valence-corrected chi connectivity index (χ3v) is 8.47. The van der Waals surface area contributed by atoms with E-state index in [2.05, 4.69) is 34.5 Å². The molecule has 2 aliphatic heterocycles. The number of ether oxygens (including phenoxy) is 1. The van der Waals surface area contributed by atoms with Crippen molar-refractivity contribution in [3.8, 4) is 18.1 Å². The molecule has 2 N–H and O–H groups in total. The van der Waals surface area contributed by atoms with E-state index in [9.17, 15) is 14.4 Å². The molecule has 40 heavy (non-hydrogen) atoms. The van der Waals surface area contributed by atoms with E-state index in [1.54, 1.807) is 22.1 Å². The fourth-order valence-electron chi connectivity index (χ4n) is 5.37. The Morgan fingerprint density at radius 1 is 1.27 bits per heavy atom. The van der Waals surface area contributed by atoms with Gasteiger partial charge in [0.2, 0.25) is 0 Å². The van der Waals surface area contributed by atoms with Crippen LogP contribution in [0.15, 0.2) is 54.4 Å². The molecule has 1 saturated heterocycles. The maximum Gasteiger partial charge on any atom is 0.331 e. The highest BCUT2D eigenvalue weighted by molar-refractivity contribution is 7.21. The molecule has 2 unspecified atom stereocenters. The molecule has 0 spiro atoms. The molecule has 0 bridgehead atoms. The molecule has 2 atom stereocenters. The number of piperidine rings is 1. The van der Waals surface area contributed by atoms with E-state index in [0.29, 0.717) is 51.0 Å². The second kappa shape index (κ2) is 10.2. The average molecular weight is 554 g/mol. The lowest BCUT2D eigenvalue weighted by Crippen LogP contribution is -2.49. The highest BCUT2D eigenvalue weighted by atomic mass is 32.1. The summed E-state index contributed by atoms with van der Waals surface area (Å²) in [5.74, 6) is 3.22. The third kappa shape index (κ3) is 4.48. The Bertz CT molecular complexity index is 1670. The Labute approximate surface area is 235 Å². The number of hydrogen-bond acceptors (Lipinski definition) is 6. The smallest absolute Gasteiger partial charge is 0.331 e. The number of terminal acetylenes is 1. The summed E-state index contributed by atoms with van der Waals surface area (Å²) >= 11 is 1.23. The maximum absolute atomic E-state index is 13.5. The first-order valence-electron chi connectivity index (χ1n) is 13.1. The monoisotopic (exact) mass is 553 g/mol. The Kier molecular flexibility index (Phi) is 6.52. The number of thiophene rings is 1. The van der Waals surface area contributed by atoms with Crippen molar-refractivity contribution in [1.29, 1.82) is 0 Å². The first-order valence-corrected chi connectivity index (χ1v) is 13.9. The van der Waals surface area contributed by atoms with Gasteiger partial charge in [-0.3, -0.25) is 14.5 Å². The minimum absolute atomic E-state index is 0.212. The molecule has 9 nitrogen and oxygen atoms in total. The number of urea groups is 1. The van der Waals surface area contributed by atoms with Crippen LogP contribution in [-0.2, 0) is 4.79 Å². The predicted molar refractivity (Wildman–Crippen MR) is 155 cm³/mol. The summed E-state index contributed by atoms with van der Waals surface area (Å²) in [5, 5.41) is 6.67. The molecule has 10 heteroatoms. The van der Waals surface area contributed by atoms with Crippen LogP contribution in [0.3, 0.4) is 0 Å².